The Labute approximate surface area is 178 Å². The van der Waals surface area contributed by atoms with E-state index in [1.165, 1.54) is 10.7 Å². The second kappa shape index (κ2) is 7.50. The fourth-order valence-electron chi connectivity index (χ4n) is 3.07. The molecular formula is C22H20ClN3O4. The Balaban J connectivity index is 1.66. The number of aromatic nitrogens is 2. The highest BCUT2D eigenvalue weighted by atomic mass is 35.5. The highest BCUT2D eigenvalue weighted by Crippen LogP contribution is 2.35. The van der Waals surface area contributed by atoms with Crippen LogP contribution in [0.5, 0.6) is 11.5 Å². The summed E-state index contributed by atoms with van der Waals surface area (Å²) in [7, 11) is 0. The van der Waals surface area contributed by atoms with Gasteiger partial charge in [0.1, 0.15) is 5.54 Å². The lowest BCUT2D eigenvalue weighted by Crippen LogP contribution is -2.47. The second-order valence-electron chi connectivity index (χ2n) is 7.51. The predicted molar refractivity (Wildman–Crippen MR) is 114 cm³/mol. The van der Waals surface area contributed by atoms with Crippen molar-refractivity contribution in [2.24, 2.45) is 0 Å². The summed E-state index contributed by atoms with van der Waals surface area (Å²) in [5.41, 5.74) is 1.09. The zero-order chi connectivity index (χ0) is 21.5. The summed E-state index contributed by atoms with van der Waals surface area (Å²) < 4.78 is 11.9. The number of anilines is 1. The van der Waals surface area contributed by atoms with E-state index in [1.54, 1.807) is 44.2 Å². The number of hydrogen-bond acceptors (Lipinski definition) is 5. The van der Waals surface area contributed by atoms with Gasteiger partial charge in [0, 0.05) is 22.3 Å². The molecule has 2 aromatic carbocycles. The van der Waals surface area contributed by atoms with Crippen molar-refractivity contribution in [3.8, 4) is 22.8 Å². The van der Waals surface area contributed by atoms with Gasteiger partial charge in [0.05, 0.1) is 5.69 Å². The maximum Gasteiger partial charge on any atom is 0.267 e. The molecule has 1 amide bonds. The topological polar surface area (TPSA) is 82.5 Å². The molecule has 1 aromatic heterocycles. The molecule has 7 nitrogen and oxygen atoms in total. The molecule has 0 saturated carbocycles. The average molecular weight is 426 g/mol. The molecule has 1 aliphatic rings. The number of carbonyl (C=O) groups is 1. The molecule has 0 radical (unpaired) electrons. The van der Waals surface area contributed by atoms with Gasteiger partial charge < -0.3 is 14.8 Å². The summed E-state index contributed by atoms with van der Waals surface area (Å²) in [5.74, 6) is 0.878. The van der Waals surface area contributed by atoms with Gasteiger partial charge in [0.15, 0.2) is 11.5 Å². The maximum absolute atomic E-state index is 13.0. The first-order valence-corrected chi connectivity index (χ1v) is 9.72. The lowest BCUT2D eigenvalue weighted by molar-refractivity contribution is -0.123. The number of amides is 1. The quantitative estimate of drug-likeness (QED) is 0.683. The van der Waals surface area contributed by atoms with Gasteiger partial charge in [0.25, 0.3) is 11.5 Å². The van der Waals surface area contributed by atoms with Crippen molar-refractivity contribution in [1.82, 2.24) is 9.78 Å². The van der Waals surface area contributed by atoms with Gasteiger partial charge >= 0.3 is 0 Å². The van der Waals surface area contributed by atoms with Crippen molar-refractivity contribution >= 4 is 23.2 Å². The minimum absolute atomic E-state index is 0.169. The summed E-state index contributed by atoms with van der Waals surface area (Å²) in [6, 6.07) is 13.7. The normalized spacial score (nSPS) is 12.7. The number of carbonyl (C=O) groups excluding carboxylic acids is 1. The number of aryl methyl sites for hydroxylation is 1. The third-order valence-electron chi connectivity index (χ3n) is 4.98. The molecule has 0 aliphatic carbocycles. The van der Waals surface area contributed by atoms with Crippen LogP contribution in [-0.4, -0.2) is 22.5 Å². The van der Waals surface area contributed by atoms with Crippen molar-refractivity contribution in [3.63, 3.8) is 0 Å². The lowest BCUT2D eigenvalue weighted by Gasteiger charge is -2.25. The van der Waals surface area contributed by atoms with E-state index in [2.05, 4.69) is 10.4 Å². The van der Waals surface area contributed by atoms with E-state index in [0.717, 1.165) is 11.1 Å². The number of nitrogens with one attached hydrogen (secondary N) is 1. The monoisotopic (exact) mass is 425 g/mol. The Bertz CT molecular complexity index is 1200. The average Bonchev–Trinajstić information content (AvgIpc) is 3.18. The molecule has 1 aliphatic heterocycles. The van der Waals surface area contributed by atoms with Crippen molar-refractivity contribution in [2.75, 3.05) is 12.1 Å². The molecule has 0 unspecified atom stereocenters. The molecule has 3 aromatic rings. The zero-order valence-electron chi connectivity index (χ0n) is 16.7. The molecule has 0 fully saturated rings. The first-order valence-electron chi connectivity index (χ1n) is 9.34. The van der Waals surface area contributed by atoms with Gasteiger partial charge in [-0.05, 0) is 62.7 Å². The van der Waals surface area contributed by atoms with E-state index in [0.29, 0.717) is 27.9 Å². The minimum Gasteiger partial charge on any atom is -0.454 e. The van der Waals surface area contributed by atoms with E-state index >= 15 is 0 Å². The standard InChI is InChI=1S/C22H20ClN3O4/c1-13-4-6-15(11-16(13)23)24-21(28)22(2,3)26-20(27)9-7-17(25-26)14-5-8-18-19(10-14)30-12-29-18/h4-11H,12H2,1-3H3,(H,24,28). The Morgan fingerprint density at radius 2 is 1.87 bits per heavy atom. The molecule has 1 N–H and O–H groups in total. The van der Waals surface area contributed by atoms with Crippen LogP contribution in [0.2, 0.25) is 5.02 Å². The second-order valence-corrected chi connectivity index (χ2v) is 7.92. The third-order valence-corrected chi connectivity index (χ3v) is 5.39. The summed E-state index contributed by atoms with van der Waals surface area (Å²) in [4.78, 5) is 25.5. The van der Waals surface area contributed by atoms with Crippen molar-refractivity contribution in [3.05, 3.63) is 69.5 Å². The number of fused-ring (bicyclic) bond motifs is 1. The number of nitrogens with zero attached hydrogens (tertiary/aromatic N) is 2. The van der Waals surface area contributed by atoms with E-state index < -0.39 is 5.54 Å². The van der Waals surface area contributed by atoms with Gasteiger partial charge in [-0.2, -0.15) is 5.10 Å². The number of ether oxygens (including phenoxy) is 2. The summed E-state index contributed by atoms with van der Waals surface area (Å²) in [6.45, 7) is 5.32. The van der Waals surface area contributed by atoms with E-state index in [9.17, 15) is 9.59 Å². The van der Waals surface area contributed by atoms with Crippen LogP contribution in [0.4, 0.5) is 5.69 Å². The van der Waals surface area contributed by atoms with Crippen LogP contribution in [0.3, 0.4) is 0 Å². The summed E-state index contributed by atoms with van der Waals surface area (Å²) >= 11 is 6.14. The summed E-state index contributed by atoms with van der Waals surface area (Å²) in [5, 5.41) is 7.81. The Hall–Kier alpha value is -3.32. The lowest BCUT2D eigenvalue weighted by atomic mass is 10.0. The van der Waals surface area contributed by atoms with Gasteiger partial charge in [-0.15, -0.1) is 0 Å². The first-order chi connectivity index (χ1) is 14.3. The molecule has 0 saturated heterocycles. The van der Waals surface area contributed by atoms with Gasteiger partial charge in [-0.25, -0.2) is 4.68 Å². The maximum atomic E-state index is 13.0. The molecule has 0 atom stereocenters. The molecule has 4 rings (SSSR count). The first kappa shape index (κ1) is 20.0. The molecular weight excluding hydrogens is 406 g/mol. The fourth-order valence-corrected chi connectivity index (χ4v) is 3.25. The zero-order valence-corrected chi connectivity index (χ0v) is 17.5. The molecule has 0 spiro atoms. The van der Waals surface area contributed by atoms with Crippen molar-refractivity contribution in [1.29, 1.82) is 0 Å². The van der Waals surface area contributed by atoms with Crippen LogP contribution in [-0.2, 0) is 10.3 Å². The Kier molecular flexibility index (Phi) is 4.99. The van der Waals surface area contributed by atoms with Crippen LogP contribution in [0.1, 0.15) is 19.4 Å². The molecule has 154 valence electrons. The molecule has 8 heteroatoms. The van der Waals surface area contributed by atoms with Crippen LogP contribution in [0, 0.1) is 6.92 Å². The number of halogens is 1. The fraction of sp³-hybridized carbons (Fsp3) is 0.227. The van der Waals surface area contributed by atoms with E-state index in [1.807, 2.05) is 19.1 Å². The van der Waals surface area contributed by atoms with Crippen LogP contribution in [0.25, 0.3) is 11.3 Å². The SMILES string of the molecule is Cc1ccc(NC(=O)C(C)(C)n2nc(-c3ccc4c(c3)OCO4)ccc2=O)cc1Cl. The molecule has 0 bridgehead atoms. The summed E-state index contributed by atoms with van der Waals surface area (Å²) in [6.07, 6.45) is 0. The highest BCUT2D eigenvalue weighted by molar-refractivity contribution is 6.31. The van der Waals surface area contributed by atoms with E-state index in [4.69, 9.17) is 21.1 Å². The number of benzene rings is 2. The van der Waals surface area contributed by atoms with Crippen LogP contribution < -0.4 is 20.3 Å². The van der Waals surface area contributed by atoms with Gasteiger partial charge in [-0.1, -0.05) is 17.7 Å². The Morgan fingerprint density at radius 3 is 2.63 bits per heavy atom. The van der Waals surface area contributed by atoms with Crippen molar-refractivity contribution in [2.45, 2.75) is 26.3 Å². The molecule has 2 heterocycles. The largest absolute Gasteiger partial charge is 0.454 e. The number of hydrogen-bond donors (Lipinski definition) is 1. The van der Waals surface area contributed by atoms with Gasteiger partial charge in [0.2, 0.25) is 6.79 Å². The van der Waals surface area contributed by atoms with Crippen LogP contribution >= 0.6 is 11.6 Å². The highest BCUT2D eigenvalue weighted by Gasteiger charge is 2.32. The smallest absolute Gasteiger partial charge is 0.267 e. The third kappa shape index (κ3) is 3.64. The van der Waals surface area contributed by atoms with E-state index in [-0.39, 0.29) is 18.3 Å². The van der Waals surface area contributed by atoms with Crippen molar-refractivity contribution < 1.29 is 14.3 Å². The molecule has 30 heavy (non-hydrogen) atoms. The van der Waals surface area contributed by atoms with Gasteiger partial charge in [-0.3, -0.25) is 9.59 Å². The van der Waals surface area contributed by atoms with Crippen LogP contribution in [0.15, 0.2) is 53.3 Å². The predicted octanol–water partition coefficient (Wildman–Crippen LogP) is 3.97. The number of rotatable bonds is 4. The minimum atomic E-state index is -1.25. The Morgan fingerprint density at radius 1 is 1.10 bits per heavy atom.